The third-order valence-electron chi connectivity index (χ3n) is 4.49. The Morgan fingerprint density at radius 3 is 2.48 bits per heavy atom. The van der Waals surface area contributed by atoms with Gasteiger partial charge in [0.1, 0.15) is 0 Å². The van der Waals surface area contributed by atoms with Crippen molar-refractivity contribution in [1.82, 2.24) is 4.72 Å². The first-order valence-corrected chi connectivity index (χ1v) is 9.06. The van der Waals surface area contributed by atoms with Crippen LogP contribution in [0, 0.1) is 5.92 Å². The van der Waals surface area contributed by atoms with Crippen molar-refractivity contribution in [2.24, 2.45) is 5.92 Å². The normalized spacial score (nSPS) is 18.1. The van der Waals surface area contributed by atoms with Crippen molar-refractivity contribution in [3.05, 3.63) is 42.5 Å². The number of rotatable bonds is 4. The maximum absolute atomic E-state index is 12.7. The van der Waals surface area contributed by atoms with E-state index in [1.807, 2.05) is 37.3 Å². The smallest absolute Gasteiger partial charge is 0.208 e. The van der Waals surface area contributed by atoms with Gasteiger partial charge >= 0.3 is 0 Å². The lowest BCUT2D eigenvalue weighted by molar-refractivity contribution is 0.424. The quantitative estimate of drug-likeness (QED) is 0.936. The van der Waals surface area contributed by atoms with E-state index in [9.17, 15) is 8.42 Å². The molecule has 0 heterocycles. The van der Waals surface area contributed by atoms with Crippen molar-refractivity contribution >= 4 is 20.8 Å². The summed E-state index contributed by atoms with van der Waals surface area (Å²) in [7, 11) is -3.47. The first kappa shape index (κ1) is 14.5. The molecule has 0 saturated heterocycles. The summed E-state index contributed by atoms with van der Waals surface area (Å²) in [5, 5.41) is 1.74. The van der Waals surface area contributed by atoms with E-state index in [-0.39, 0.29) is 6.04 Å². The lowest BCUT2D eigenvalue weighted by Gasteiger charge is -2.20. The predicted molar refractivity (Wildman–Crippen MR) is 85.7 cm³/mol. The Bertz CT molecular complexity index is 728. The largest absolute Gasteiger partial charge is 0.241 e. The molecule has 3 nitrogen and oxygen atoms in total. The highest BCUT2D eigenvalue weighted by Gasteiger charge is 2.26. The molecule has 4 heteroatoms. The van der Waals surface area contributed by atoms with Gasteiger partial charge in [-0.15, -0.1) is 0 Å². The Morgan fingerprint density at radius 2 is 1.71 bits per heavy atom. The number of nitrogens with one attached hydrogen (secondary N) is 1. The van der Waals surface area contributed by atoms with E-state index >= 15 is 0 Å². The molecule has 0 aromatic heterocycles. The van der Waals surface area contributed by atoms with Crippen LogP contribution in [-0.4, -0.2) is 14.5 Å². The fourth-order valence-corrected chi connectivity index (χ4v) is 4.83. The van der Waals surface area contributed by atoms with Crippen LogP contribution in [-0.2, 0) is 10.0 Å². The first-order valence-electron chi connectivity index (χ1n) is 7.58. The van der Waals surface area contributed by atoms with Crippen LogP contribution in [0.5, 0.6) is 0 Å². The number of benzene rings is 2. The standard InChI is InChI=1S/C17H21NO2S/c1-13(14-7-2-3-8-14)18-21(19,20)17-12-6-10-15-9-4-5-11-16(15)17/h4-6,9-14,18H,2-3,7-8H2,1H3. The average molecular weight is 303 g/mol. The Kier molecular flexibility index (Phi) is 4.00. The van der Waals surface area contributed by atoms with Gasteiger partial charge in [-0.25, -0.2) is 13.1 Å². The first-order chi connectivity index (χ1) is 10.1. The van der Waals surface area contributed by atoms with Gasteiger partial charge in [0, 0.05) is 11.4 Å². The summed E-state index contributed by atoms with van der Waals surface area (Å²) in [5.41, 5.74) is 0. The van der Waals surface area contributed by atoms with E-state index in [1.165, 1.54) is 12.8 Å². The molecular formula is C17H21NO2S. The number of hydrogen-bond acceptors (Lipinski definition) is 2. The summed E-state index contributed by atoms with van der Waals surface area (Å²) in [6.45, 7) is 1.98. The highest BCUT2D eigenvalue weighted by molar-refractivity contribution is 7.89. The van der Waals surface area contributed by atoms with Gasteiger partial charge in [-0.3, -0.25) is 0 Å². The van der Waals surface area contributed by atoms with E-state index in [2.05, 4.69) is 4.72 Å². The van der Waals surface area contributed by atoms with Gasteiger partial charge in [-0.05, 0) is 37.1 Å². The van der Waals surface area contributed by atoms with Crippen molar-refractivity contribution < 1.29 is 8.42 Å². The van der Waals surface area contributed by atoms with Crippen LogP contribution in [0.2, 0.25) is 0 Å². The van der Waals surface area contributed by atoms with Gasteiger partial charge in [0.2, 0.25) is 10.0 Å². The molecule has 1 atom stereocenters. The Labute approximate surface area is 126 Å². The van der Waals surface area contributed by atoms with Crippen LogP contribution in [0.1, 0.15) is 32.6 Å². The average Bonchev–Trinajstić information content (AvgIpc) is 3.00. The molecule has 1 saturated carbocycles. The number of fused-ring (bicyclic) bond motifs is 1. The van der Waals surface area contributed by atoms with Gasteiger partial charge in [0.25, 0.3) is 0 Å². The summed E-state index contributed by atoms with van der Waals surface area (Å²) in [5.74, 6) is 0.467. The number of hydrogen-bond donors (Lipinski definition) is 1. The zero-order valence-corrected chi connectivity index (χ0v) is 13.1. The molecule has 3 rings (SSSR count). The van der Waals surface area contributed by atoms with E-state index in [1.54, 1.807) is 12.1 Å². The summed E-state index contributed by atoms with van der Waals surface area (Å²) >= 11 is 0. The van der Waals surface area contributed by atoms with E-state index < -0.39 is 10.0 Å². The van der Waals surface area contributed by atoms with Crippen LogP contribution >= 0.6 is 0 Å². The second-order valence-corrected chi connectivity index (χ2v) is 7.61. The molecule has 2 aromatic rings. The second-order valence-electron chi connectivity index (χ2n) is 5.93. The van der Waals surface area contributed by atoms with Crippen molar-refractivity contribution in [2.45, 2.75) is 43.5 Å². The monoisotopic (exact) mass is 303 g/mol. The summed E-state index contributed by atoms with van der Waals surface area (Å²) in [4.78, 5) is 0.380. The maximum Gasteiger partial charge on any atom is 0.241 e. The highest BCUT2D eigenvalue weighted by Crippen LogP contribution is 2.29. The van der Waals surface area contributed by atoms with Crippen molar-refractivity contribution in [3.63, 3.8) is 0 Å². The van der Waals surface area contributed by atoms with Gasteiger partial charge < -0.3 is 0 Å². The molecule has 0 bridgehead atoms. The van der Waals surface area contributed by atoms with Crippen molar-refractivity contribution in [1.29, 1.82) is 0 Å². The summed E-state index contributed by atoms with van der Waals surface area (Å²) < 4.78 is 28.3. The summed E-state index contributed by atoms with van der Waals surface area (Å²) in [6.07, 6.45) is 4.68. The topological polar surface area (TPSA) is 46.2 Å². The van der Waals surface area contributed by atoms with Gasteiger partial charge in [0.15, 0.2) is 0 Å². The highest BCUT2D eigenvalue weighted by atomic mass is 32.2. The van der Waals surface area contributed by atoms with Crippen LogP contribution in [0.4, 0.5) is 0 Å². The molecule has 112 valence electrons. The minimum Gasteiger partial charge on any atom is -0.208 e. The molecule has 1 aliphatic carbocycles. The number of sulfonamides is 1. The lowest BCUT2D eigenvalue weighted by atomic mass is 10.0. The fourth-order valence-electron chi connectivity index (χ4n) is 3.29. The van der Waals surface area contributed by atoms with E-state index in [4.69, 9.17) is 0 Å². The van der Waals surface area contributed by atoms with E-state index in [0.29, 0.717) is 10.8 Å². The molecule has 1 aliphatic rings. The maximum atomic E-state index is 12.7. The Balaban J connectivity index is 1.93. The molecule has 1 fully saturated rings. The molecule has 1 N–H and O–H groups in total. The SMILES string of the molecule is CC(NS(=O)(=O)c1cccc2ccccc12)C1CCCC1. The minimum absolute atomic E-state index is 0.00327. The Hall–Kier alpha value is -1.39. The van der Waals surface area contributed by atoms with Crippen molar-refractivity contribution in [3.8, 4) is 0 Å². The molecule has 0 spiro atoms. The molecule has 2 aromatic carbocycles. The van der Waals surface area contributed by atoms with Gasteiger partial charge in [-0.2, -0.15) is 0 Å². The molecule has 0 amide bonds. The third kappa shape index (κ3) is 2.97. The zero-order chi connectivity index (χ0) is 14.9. The van der Waals surface area contributed by atoms with Crippen molar-refractivity contribution in [2.75, 3.05) is 0 Å². The Morgan fingerprint density at radius 1 is 1.05 bits per heavy atom. The third-order valence-corrected chi connectivity index (χ3v) is 6.10. The molecular weight excluding hydrogens is 282 g/mol. The summed E-state index contributed by atoms with van der Waals surface area (Å²) in [6, 6.07) is 13.0. The van der Waals surface area contributed by atoms with Crippen LogP contribution in [0.15, 0.2) is 47.4 Å². The predicted octanol–water partition coefficient (Wildman–Crippen LogP) is 3.70. The molecule has 0 aliphatic heterocycles. The van der Waals surface area contributed by atoms with Gasteiger partial charge in [-0.1, -0.05) is 49.2 Å². The van der Waals surface area contributed by atoms with Crippen LogP contribution in [0.25, 0.3) is 10.8 Å². The lowest BCUT2D eigenvalue weighted by Crippen LogP contribution is -2.37. The van der Waals surface area contributed by atoms with Crippen LogP contribution < -0.4 is 4.72 Å². The van der Waals surface area contributed by atoms with E-state index in [0.717, 1.165) is 23.6 Å². The van der Waals surface area contributed by atoms with Gasteiger partial charge in [0.05, 0.1) is 4.90 Å². The minimum atomic E-state index is -3.47. The molecule has 1 unspecified atom stereocenters. The molecule has 0 radical (unpaired) electrons. The second kappa shape index (κ2) is 5.78. The zero-order valence-electron chi connectivity index (χ0n) is 12.2. The fraction of sp³-hybridized carbons (Fsp3) is 0.412. The molecule has 21 heavy (non-hydrogen) atoms. The van der Waals surface area contributed by atoms with Crippen LogP contribution in [0.3, 0.4) is 0 Å².